The third kappa shape index (κ3) is 11.5. The SMILES string of the molecule is Cc1c(CCC(=O)O)c[nH]c1Cc1[nH]c(Cc2[nH]c(Cc3[nH]c(CO)c(CC(=O)O)c3CCC(=O)O)c(CC(=O)O)c2CCC(=O)O)c(CC(=O)O)c1CCC(=O)O. The van der Waals surface area contributed by atoms with Crippen molar-refractivity contribution in [1.29, 1.82) is 0 Å². The van der Waals surface area contributed by atoms with Crippen molar-refractivity contribution in [2.24, 2.45) is 0 Å². The molecule has 4 rings (SSSR count). The van der Waals surface area contributed by atoms with E-state index in [0.717, 1.165) is 11.1 Å². The van der Waals surface area contributed by atoms with Crippen LogP contribution in [0.25, 0.3) is 0 Å². The Hall–Kier alpha value is -6.63. The van der Waals surface area contributed by atoms with Crippen molar-refractivity contribution in [3.05, 3.63) is 90.6 Å². The molecule has 0 fully saturated rings. The monoisotopic (exact) mass is 810 g/mol. The molecule has 19 nitrogen and oxygen atoms in total. The maximum atomic E-state index is 12.3. The molecule has 0 aliphatic rings. The van der Waals surface area contributed by atoms with Crippen molar-refractivity contribution in [2.45, 2.75) is 103 Å². The summed E-state index contributed by atoms with van der Waals surface area (Å²) in [4.78, 5) is 95.2. The van der Waals surface area contributed by atoms with Gasteiger partial charge in [-0.3, -0.25) is 33.6 Å². The first kappa shape index (κ1) is 44.1. The van der Waals surface area contributed by atoms with Gasteiger partial charge in [0.05, 0.1) is 25.9 Å². The first-order chi connectivity index (χ1) is 27.4. The lowest BCUT2D eigenvalue weighted by molar-refractivity contribution is -0.138. The third-order valence-corrected chi connectivity index (χ3v) is 10.1. The van der Waals surface area contributed by atoms with Crippen molar-refractivity contribution in [3.8, 4) is 0 Å². The van der Waals surface area contributed by atoms with Gasteiger partial charge in [-0.15, -0.1) is 0 Å². The summed E-state index contributed by atoms with van der Waals surface area (Å²) < 4.78 is 0. The Morgan fingerprint density at radius 3 is 1.09 bits per heavy atom. The number of hydrogen-bond acceptors (Lipinski definition) is 8. The summed E-state index contributed by atoms with van der Waals surface area (Å²) in [6, 6.07) is 0. The number of carboxylic acid groups (broad SMARTS) is 7. The van der Waals surface area contributed by atoms with E-state index >= 15 is 0 Å². The van der Waals surface area contributed by atoms with Crippen LogP contribution in [-0.2, 0) is 104 Å². The van der Waals surface area contributed by atoms with Crippen LogP contribution in [0.4, 0.5) is 0 Å². The molecule has 0 radical (unpaired) electrons. The van der Waals surface area contributed by atoms with Gasteiger partial charge in [0, 0.05) is 91.0 Å². The van der Waals surface area contributed by atoms with E-state index in [9.17, 15) is 74.4 Å². The van der Waals surface area contributed by atoms with E-state index in [1.54, 1.807) is 13.1 Å². The molecule has 0 unspecified atom stereocenters. The maximum Gasteiger partial charge on any atom is 0.307 e. The van der Waals surface area contributed by atoms with Gasteiger partial charge in [0.2, 0.25) is 0 Å². The van der Waals surface area contributed by atoms with E-state index in [1.165, 1.54) is 0 Å². The third-order valence-electron chi connectivity index (χ3n) is 10.1. The number of rotatable bonds is 25. The highest BCUT2D eigenvalue weighted by atomic mass is 16.4. The standard InChI is InChI=1S/C39H46N4O15/c1-18-19(2-6-33(45)46)16-40-26(18)13-27-20(3-7-34(47)48)23(10-37(53)54)30(41-27)14-28-21(4-8-35(49)50)24(11-38(55)56)31(42-28)15-29-22(5-9-36(51)52)25(12-39(57)58)32(17-44)43-29/h16,40-44H,2-15,17H2,1H3,(H,45,46)(H,47,48)(H,49,50)(H,51,52)(H,53,54)(H,55,56)(H,57,58). The number of aryl methyl sites for hydroxylation is 1. The molecule has 0 aromatic carbocycles. The van der Waals surface area contributed by atoms with Crippen LogP contribution in [-0.4, -0.2) is 103 Å². The molecule has 0 aliphatic carbocycles. The van der Waals surface area contributed by atoms with Gasteiger partial charge in [-0.05, 0) is 77.1 Å². The lowest BCUT2D eigenvalue weighted by Gasteiger charge is -2.09. The van der Waals surface area contributed by atoms with E-state index in [0.29, 0.717) is 45.2 Å². The molecule has 4 heterocycles. The van der Waals surface area contributed by atoms with Gasteiger partial charge >= 0.3 is 41.8 Å². The van der Waals surface area contributed by atoms with Gasteiger partial charge in [0.1, 0.15) is 0 Å². The van der Waals surface area contributed by atoms with Gasteiger partial charge in [0.25, 0.3) is 0 Å². The zero-order valence-corrected chi connectivity index (χ0v) is 31.6. The number of H-pyrrole nitrogens is 4. The van der Waals surface area contributed by atoms with Crippen LogP contribution in [0, 0.1) is 6.92 Å². The molecule has 0 amide bonds. The summed E-state index contributed by atoms with van der Waals surface area (Å²) in [7, 11) is 0. The van der Waals surface area contributed by atoms with Crippen LogP contribution < -0.4 is 0 Å². The molecule has 0 saturated carbocycles. The number of aliphatic hydroxyl groups is 1. The quantitative estimate of drug-likeness (QED) is 0.0457. The number of aliphatic carboxylic acids is 7. The first-order valence-corrected chi connectivity index (χ1v) is 18.3. The normalized spacial score (nSPS) is 11.2. The summed E-state index contributed by atoms with van der Waals surface area (Å²) in [6.07, 6.45) is -1.40. The predicted octanol–water partition coefficient (Wildman–Crippen LogP) is 2.52. The number of nitrogens with one attached hydrogen (secondary N) is 4. The van der Waals surface area contributed by atoms with E-state index < -0.39 is 74.1 Å². The van der Waals surface area contributed by atoms with E-state index in [2.05, 4.69) is 19.9 Å². The van der Waals surface area contributed by atoms with Gasteiger partial charge < -0.3 is 60.8 Å². The number of aliphatic hydroxyl groups excluding tert-OH is 1. The van der Waals surface area contributed by atoms with E-state index in [1.807, 2.05) is 0 Å². The van der Waals surface area contributed by atoms with Crippen LogP contribution in [0.1, 0.15) is 110 Å². The Balaban J connectivity index is 1.91. The lowest BCUT2D eigenvalue weighted by Crippen LogP contribution is -2.09. The zero-order chi connectivity index (χ0) is 42.8. The molecular weight excluding hydrogens is 764 g/mol. The Kier molecular flexibility index (Phi) is 14.8. The van der Waals surface area contributed by atoms with Crippen molar-refractivity contribution in [3.63, 3.8) is 0 Å². The van der Waals surface area contributed by atoms with Gasteiger partial charge in [0.15, 0.2) is 0 Å². The van der Waals surface area contributed by atoms with E-state index in [-0.39, 0.29) is 92.3 Å². The molecule has 4 aromatic rings. The van der Waals surface area contributed by atoms with Crippen molar-refractivity contribution < 1.29 is 74.4 Å². The number of aromatic nitrogens is 4. The average Bonchev–Trinajstić information content (AvgIpc) is 3.83. The van der Waals surface area contributed by atoms with Gasteiger partial charge in [-0.1, -0.05) is 0 Å². The van der Waals surface area contributed by atoms with Crippen LogP contribution in [0.2, 0.25) is 0 Å². The average molecular weight is 811 g/mol. The molecule has 58 heavy (non-hydrogen) atoms. The molecule has 12 N–H and O–H groups in total. The largest absolute Gasteiger partial charge is 0.481 e. The smallest absolute Gasteiger partial charge is 0.307 e. The lowest BCUT2D eigenvalue weighted by atomic mass is 9.94. The summed E-state index contributed by atoms with van der Waals surface area (Å²) in [5.41, 5.74) is 5.81. The first-order valence-electron chi connectivity index (χ1n) is 18.3. The molecule has 0 bridgehead atoms. The highest BCUT2D eigenvalue weighted by Crippen LogP contribution is 2.32. The van der Waals surface area contributed by atoms with Crippen molar-refractivity contribution >= 4 is 41.8 Å². The Labute approximate surface area is 329 Å². The second-order valence-electron chi connectivity index (χ2n) is 14.0. The highest BCUT2D eigenvalue weighted by Gasteiger charge is 2.28. The van der Waals surface area contributed by atoms with Crippen LogP contribution in [0.5, 0.6) is 0 Å². The van der Waals surface area contributed by atoms with Crippen LogP contribution in [0.15, 0.2) is 6.20 Å². The Morgan fingerprint density at radius 1 is 0.431 bits per heavy atom. The Morgan fingerprint density at radius 2 is 0.741 bits per heavy atom. The second-order valence-corrected chi connectivity index (χ2v) is 14.0. The minimum atomic E-state index is -1.27. The minimum absolute atomic E-state index is 0.0562. The van der Waals surface area contributed by atoms with Crippen LogP contribution in [0.3, 0.4) is 0 Å². The summed E-state index contributed by atoms with van der Waals surface area (Å²) in [5.74, 6) is -8.19. The molecular formula is C39H46N4O15. The summed E-state index contributed by atoms with van der Waals surface area (Å²) in [5, 5.41) is 77.5. The molecule has 4 aromatic heterocycles. The minimum Gasteiger partial charge on any atom is -0.481 e. The predicted molar refractivity (Wildman–Crippen MR) is 200 cm³/mol. The summed E-state index contributed by atoms with van der Waals surface area (Å²) >= 11 is 0. The number of carboxylic acids is 7. The molecule has 0 aliphatic heterocycles. The molecule has 0 atom stereocenters. The number of hydrogen-bond donors (Lipinski definition) is 12. The fourth-order valence-electron chi connectivity index (χ4n) is 7.48. The van der Waals surface area contributed by atoms with Crippen molar-refractivity contribution in [2.75, 3.05) is 0 Å². The van der Waals surface area contributed by atoms with Gasteiger partial charge in [-0.25, -0.2) is 0 Å². The van der Waals surface area contributed by atoms with E-state index in [4.69, 9.17) is 0 Å². The number of aromatic amines is 4. The molecule has 0 spiro atoms. The second kappa shape index (κ2) is 19.5. The maximum absolute atomic E-state index is 12.3. The molecule has 0 saturated heterocycles. The van der Waals surface area contributed by atoms with Gasteiger partial charge in [-0.2, -0.15) is 0 Å². The highest BCUT2D eigenvalue weighted by molar-refractivity contribution is 5.75. The number of carbonyl (C=O) groups is 7. The summed E-state index contributed by atoms with van der Waals surface area (Å²) in [6.45, 7) is 1.19. The topological polar surface area (TPSA) is 344 Å². The Bertz CT molecular complexity index is 2220. The van der Waals surface area contributed by atoms with Crippen molar-refractivity contribution in [1.82, 2.24) is 19.9 Å². The fraction of sp³-hybridized carbons (Fsp3) is 0.410. The zero-order valence-electron chi connectivity index (χ0n) is 31.6. The fourth-order valence-corrected chi connectivity index (χ4v) is 7.48. The molecule has 312 valence electrons. The molecule has 19 heteroatoms. The van der Waals surface area contributed by atoms with Crippen LogP contribution >= 0.6 is 0 Å².